The molecule has 0 saturated carbocycles. The smallest absolute Gasteiger partial charge is 0.326 e. The van der Waals surface area contributed by atoms with Crippen molar-refractivity contribution in [2.24, 2.45) is 7.05 Å². The molecule has 94 valence electrons. The number of aromatic nitrogens is 1. The van der Waals surface area contributed by atoms with Gasteiger partial charge in [0.2, 0.25) is 0 Å². The number of rotatable bonds is 5. The molecular formula is C10H13ClN2O4. The predicted molar refractivity (Wildman–Crippen MR) is 61.0 cm³/mol. The fraction of sp³-hybridized carbons (Fsp3) is 0.400. The number of nitrogens with zero attached hydrogens (tertiary/aromatic N) is 1. The van der Waals surface area contributed by atoms with Crippen molar-refractivity contribution in [1.29, 1.82) is 0 Å². The Hall–Kier alpha value is -1.53. The molecule has 1 atom stereocenters. The van der Waals surface area contributed by atoms with Crippen molar-refractivity contribution < 1.29 is 19.8 Å². The third-order valence-corrected chi connectivity index (χ3v) is 2.43. The van der Waals surface area contributed by atoms with E-state index in [4.69, 9.17) is 21.8 Å². The summed E-state index contributed by atoms with van der Waals surface area (Å²) in [4.78, 5) is 22.5. The molecule has 0 aliphatic carbocycles. The van der Waals surface area contributed by atoms with E-state index in [9.17, 15) is 9.59 Å². The van der Waals surface area contributed by atoms with Crippen LogP contribution in [0.5, 0.6) is 0 Å². The van der Waals surface area contributed by atoms with Gasteiger partial charge in [0.25, 0.3) is 5.91 Å². The molecule has 0 radical (unpaired) electrons. The molecule has 0 aliphatic heterocycles. The monoisotopic (exact) mass is 260 g/mol. The minimum Gasteiger partial charge on any atom is -0.480 e. The summed E-state index contributed by atoms with van der Waals surface area (Å²) in [6.07, 6.45) is 1.50. The average molecular weight is 261 g/mol. The van der Waals surface area contributed by atoms with Gasteiger partial charge in [-0.1, -0.05) is 11.6 Å². The van der Waals surface area contributed by atoms with E-state index < -0.39 is 17.9 Å². The lowest BCUT2D eigenvalue weighted by Gasteiger charge is -2.13. The molecule has 0 fully saturated rings. The number of aliphatic carboxylic acids is 1. The van der Waals surface area contributed by atoms with Gasteiger partial charge in [-0.15, -0.1) is 0 Å². The number of amides is 1. The fourth-order valence-corrected chi connectivity index (χ4v) is 1.62. The first kappa shape index (κ1) is 13.5. The van der Waals surface area contributed by atoms with Crippen molar-refractivity contribution in [3.8, 4) is 0 Å². The van der Waals surface area contributed by atoms with Crippen LogP contribution in [0, 0.1) is 0 Å². The number of aryl methyl sites for hydroxylation is 1. The average Bonchev–Trinajstić information content (AvgIpc) is 2.57. The number of carbonyl (C=O) groups is 2. The van der Waals surface area contributed by atoms with Crippen LogP contribution in [-0.2, 0) is 11.8 Å². The Kier molecular flexibility index (Phi) is 4.53. The Balaban J connectivity index is 2.77. The van der Waals surface area contributed by atoms with Gasteiger partial charge < -0.3 is 20.1 Å². The standard InChI is InChI=1S/C10H13ClN2O4/c1-13-5-6(11)4-8(13)9(15)12-7(2-3-14)10(16)17/h4-5,7,14H,2-3H2,1H3,(H,12,15)(H,16,17). The van der Waals surface area contributed by atoms with Crippen LogP contribution in [0.1, 0.15) is 16.9 Å². The lowest BCUT2D eigenvalue weighted by atomic mass is 10.2. The topological polar surface area (TPSA) is 91.6 Å². The van der Waals surface area contributed by atoms with Gasteiger partial charge in [-0.3, -0.25) is 4.79 Å². The van der Waals surface area contributed by atoms with E-state index in [2.05, 4.69) is 5.32 Å². The largest absolute Gasteiger partial charge is 0.480 e. The van der Waals surface area contributed by atoms with E-state index >= 15 is 0 Å². The molecule has 0 aromatic carbocycles. The Morgan fingerprint density at radius 2 is 2.24 bits per heavy atom. The lowest BCUT2D eigenvalue weighted by Crippen LogP contribution is -2.41. The summed E-state index contributed by atoms with van der Waals surface area (Å²) in [5.74, 6) is -1.73. The Morgan fingerprint density at radius 1 is 1.59 bits per heavy atom. The molecule has 0 bridgehead atoms. The molecule has 7 heteroatoms. The summed E-state index contributed by atoms with van der Waals surface area (Å²) in [6.45, 7) is -0.314. The van der Waals surface area contributed by atoms with E-state index in [1.165, 1.54) is 16.8 Å². The zero-order valence-electron chi connectivity index (χ0n) is 9.18. The van der Waals surface area contributed by atoms with Crippen molar-refractivity contribution in [3.63, 3.8) is 0 Å². The van der Waals surface area contributed by atoms with Crippen molar-refractivity contribution in [2.75, 3.05) is 6.61 Å². The molecule has 1 rings (SSSR count). The maximum absolute atomic E-state index is 11.7. The Morgan fingerprint density at radius 3 is 2.65 bits per heavy atom. The lowest BCUT2D eigenvalue weighted by molar-refractivity contribution is -0.139. The summed E-state index contributed by atoms with van der Waals surface area (Å²) < 4.78 is 1.50. The fourth-order valence-electron chi connectivity index (χ4n) is 1.37. The van der Waals surface area contributed by atoms with E-state index in [1.807, 2.05) is 0 Å². The molecule has 6 nitrogen and oxygen atoms in total. The van der Waals surface area contributed by atoms with E-state index in [0.29, 0.717) is 5.02 Å². The van der Waals surface area contributed by atoms with E-state index in [-0.39, 0.29) is 18.7 Å². The van der Waals surface area contributed by atoms with Crippen molar-refractivity contribution in [2.45, 2.75) is 12.5 Å². The first-order valence-corrected chi connectivity index (χ1v) is 5.30. The van der Waals surface area contributed by atoms with Gasteiger partial charge in [0.15, 0.2) is 0 Å². The number of aliphatic hydroxyl groups is 1. The van der Waals surface area contributed by atoms with Crippen LogP contribution in [0.3, 0.4) is 0 Å². The first-order chi connectivity index (χ1) is 7.95. The van der Waals surface area contributed by atoms with E-state index in [1.54, 1.807) is 7.05 Å². The zero-order chi connectivity index (χ0) is 13.0. The van der Waals surface area contributed by atoms with Crippen molar-refractivity contribution in [3.05, 3.63) is 23.0 Å². The molecule has 17 heavy (non-hydrogen) atoms. The summed E-state index contributed by atoms with van der Waals surface area (Å²) in [5, 5.41) is 20.2. The van der Waals surface area contributed by atoms with Crippen molar-refractivity contribution in [1.82, 2.24) is 9.88 Å². The van der Waals surface area contributed by atoms with Gasteiger partial charge >= 0.3 is 5.97 Å². The Bertz CT molecular complexity index is 430. The van der Waals surface area contributed by atoms with Gasteiger partial charge in [-0.05, 0) is 6.07 Å². The van der Waals surface area contributed by atoms with Gasteiger partial charge in [0.05, 0.1) is 5.02 Å². The third kappa shape index (κ3) is 3.47. The first-order valence-electron chi connectivity index (χ1n) is 4.92. The molecule has 0 aliphatic rings. The predicted octanol–water partition coefficient (Wildman–Crippen LogP) is 0.244. The Labute approximate surface area is 103 Å². The van der Waals surface area contributed by atoms with Crippen LogP contribution in [0.15, 0.2) is 12.3 Å². The van der Waals surface area contributed by atoms with Gasteiger partial charge in [-0.2, -0.15) is 0 Å². The molecule has 1 amide bonds. The van der Waals surface area contributed by atoms with Gasteiger partial charge in [-0.25, -0.2) is 4.79 Å². The number of hydrogen-bond acceptors (Lipinski definition) is 3. The second-order valence-corrected chi connectivity index (χ2v) is 3.97. The number of aliphatic hydroxyl groups excluding tert-OH is 1. The van der Waals surface area contributed by atoms with E-state index in [0.717, 1.165) is 0 Å². The SMILES string of the molecule is Cn1cc(Cl)cc1C(=O)NC(CCO)C(=O)O. The second-order valence-electron chi connectivity index (χ2n) is 3.53. The molecule has 1 aromatic heterocycles. The van der Waals surface area contributed by atoms with Crippen LogP contribution in [0.25, 0.3) is 0 Å². The molecule has 3 N–H and O–H groups in total. The summed E-state index contributed by atoms with van der Waals surface area (Å²) in [7, 11) is 1.63. The van der Waals surface area contributed by atoms with Crippen LogP contribution < -0.4 is 5.32 Å². The van der Waals surface area contributed by atoms with Crippen LogP contribution in [0.2, 0.25) is 5.02 Å². The number of halogens is 1. The van der Waals surface area contributed by atoms with Crippen LogP contribution >= 0.6 is 11.6 Å². The molecule has 0 saturated heterocycles. The quantitative estimate of drug-likeness (QED) is 0.707. The van der Waals surface area contributed by atoms with Crippen LogP contribution in [-0.4, -0.2) is 39.3 Å². The highest BCUT2D eigenvalue weighted by molar-refractivity contribution is 6.31. The van der Waals surface area contributed by atoms with Gasteiger partial charge in [0.1, 0.15) is 11.7 Å². The number of carboxylic acids is 1. The minimum absolute atomic E-state index is 0.0424. The van der Waals surface area contributed by atoms with Crippen molar-refractivity contribution >= 4 is 23.5 Å². The highest BCUT2D eigenvalue weighted by Crippen LogP contribution is 2.12. The molecule has 1 heterocycles. The second kappa shape index (κ2) is 5.70. The third-order valence-electron chi connectivity index (χ3n) is 2.23. The molecular weight excluding hydrogens is 248 g/mol. The summed E-state index contributed by atoms with van der Waals surface area (Å²) in [6, 6.07) is 0.329. The highest BCUT2D eigenvalue weighted by Gasteiger charge is 2.21. The maximum atomic E-state index is 11.7. The normalized spacial score (nSPS) is 12.2. The molecule has 0 spiro atoms. The minimum atomic E-state index is -1.19. The van der Waals surface area contributed by atoms with Crippen LogP contribution in [0.4, 0.5) is 0 Å². The number of nitrogens with one attached hydrogen (secondary N) is 1. The summed E-state index contributed by atoms with van der Waals surface area (Å²) in [5.41, 5.74) is 0.263. The highest BCUT2D eigenvalue weighted by atomic mass is 35.5. The van der Waals surface area contributed by atoms with Gasteiger partial charge in [0, 0.05) is 26.3 Å². The molecule has 1 aromatic rings. The summed E-state index contributed by atoms with van der Waals surface area (Å²) >= 11 is 5.71. The number of hydrogen-bond donors (Lipinski definition) is 3. The zero-order valence-corrected chi connectivity index (χ0v) is 9.94. The number of carboxylic acid groups (broad SMARTS) is 1. The molecule has 1 unspecified atom stereocenters. The number of carbonyl (C=O) groups excluding carboxylic acids is 1. The maximum Gasteiger partial charge on any atom is 0.326 e.